The van der Waals surface area contributed by atoms with E-state index < -0.39 is 0 Å². The van der Waals surface area contributed by atoms with E-state index in [0.29, 0.717) is 0 Å². The van der Waals surface area contributed by atoms with Crippen molar-refractivity contribution in [3.8, 4) is 0 Å². The molecule has 3 aliphatic heterocycles. The van der Waals surface area contributed by atoms with Crippen LogP contribution in [-0.4, -0.2) is 37.6 Å². The van der Waals surface area contributed by atoms with Crippen LogP contribution in [0.5, 0.6) is 0 Å². The van der Waals surface area contributed by atoms with Crippen LogP contribution in [0.15, 0.2) is 0 Å². The zero-order chi connectivity index (χ0) is 16.9. The number of nitrogens with one attached hydrogen (secondary N) is 1. The molecule has 144 valence electrons. The van der Waals surface area contributed by atoms with Crippen molar-refractivity contribution >= 4 is 0 Å². The second-order valence-electron chi connectivity index (χ2n) is 9.81. The van der Waals surface area contributed by atoms with E-state index in [1.54, 1.807) is 12.8 Å². The Bertz CT molecular complexity index is 388. The van der Waals surface area contributed by atoms with Crippen molar-refractivity contribution in [2.75, 3.05) is 32.7 Å². The molecule has 6 unspecified atom stereocenters. The van der Waals surface area contributed by atoms with E-state index in [1.807, 2.05) is 0 Å². The number of nitrogens with zero attached hydrogens (tertiary/aromatic N) is 1. The predicted octanol–water partition coefficient (Wildman–Crippen LogP) is 5.08. The second-order valence-corrected chi connectivity index (χ2v) is 9.81. The van der Waals surface area contributed by atoms with Gasteiger partial charge >= 0.3 is 0 Å². The van der Waals surface area contributed by atoms with Crippen LogP contribution in [0.2, 0.25) is 0 Å². The number of rotatable bonds is 2. The molecule has 1 saturated carbocycles. The molecule has 4 fully saturated rings. The molecule has 0 aromatic heterocycles. The van der Waals surface area contributed by atoms with Gasteiger partial charge < -0.3 is 10.2 Å². The maximum atomic E-state index is 3.82. The van der Waals surface area contributed by atoms with Gasteiger partial charge in [0.05, 0.1) is 0 Å². The van der Waals surface area contributed by atoms with Crippen LogP contribution in [0, 0.1) is 29.6 Å². The van der Waals surface area contributed by atoms with Gasteiger partial charge in [0, 0.05) is 13.1 Å². The highest BCUT2D eigenvalue weighted by molar-refractivity contribution is 4.94. The maximum absolute atomic E-state index is 3.82. The minimum atomic E-state index is 0.975. The molecule has 3 heterocycles. The standard InChI is InChI=1S/C23H42N2/c1-6-12-21(19-10-4-2-8-14-24-16-19)22(13-7-1)23-18-25-15-9-3-5-11-20(23)17-25/h19-24H,1-18H2. The molecule has 25 heavy (non-hydrogen) atoms. The summed E-state index contributed by atoms with van der Waals surface area (Å²) in [5.41, 5.74) is 0. The second kappa shape index (κ2) is 9.22. The van der Waals surface area contributed by atoms with Crippen molar-refractivity contribution in [1.82, 2.24) is 10.2 Å². The monoisotopic (exact) mass is 346 g/mol. The molecule has 6 atom stereocenters. The smallest absolute Gasteiger partial charge is 0.00157 e. The molecule has 0 amide bonds. The van der Waals surface area contributed by atoms with Crippen LogP contribution >= 0.6 is 0 Å². The molecule has 3 saturated heterocycles. The lowest BCUT2D eigenvalue weighted by atomic mass is 9.67. The largest absolute Gasteiger partial charge is 0.316 e. The van der Waals surface area contributed by atoms with E-state index in [9.17, 15) is 0 Å². The summed E-state index contributed by atoms with van der Waals surface area (Å²) in [5.74, 6) is 5.12. The molecule has 0 aromatic rings. The van der Waals surface area contributed by atoms with E-state index in [2.05, 4.69) is 10.2 Å². The fourth-order valence-electron chi connectivity index (χ4n) is 6.95. The van der Waals surface area contributed by atoms with Crippen LogP contribution in [0.25, 0.3) is 0 Å². The fourth-order valence-corrected chi connectivity index (χ4v) is 6.95. The third-order valence-electron chi connectivity index (χ3n) is 8.23. The number of hydrogen-bond donors (Lipinski definition) is 1. The average Bonchev–Trinajstić information content (AvgIpc) is 2.85. The summed E-state index contributed by atoms with van der Waals surface area (Å²) in [6.45, 7) is 6.88. The van der Waals surface area contributed by atoms with Gasteiger partial charge in [-0.3, -0.25) is 0 Å². The third kappa shape index (κ3) is 4.61. The summed E-state index contributed by atoms with van der Waals surface area (Å²) >= 11 is 0. The Labute approximate surface area is 156 Å². The average molecular weight is 347 g/mol. The van der Waals surface area contributed by atoms with Crippen molar-refractivity contribution in [1.29, 1.82) is 0 Å². The van der Waals surface area contributed by atoms with Crippen LogP contribution < -0.4 is 5.32 Å². The van der Waals surface area contributed by atoms with Gasteiger partial charge in [0.2, 0.25) is 0 Å². The van der Waals surface area contributed by atoms with Crippen LogP contribution in [0.1, 0.15) is 83.5 Å². The van der Waals surface area contributed by atoms with E-state index in [4.69, 9.17) is 0 Å². The van der Waals surface area contributed by atoms with Gasteiger partial charge in [-0.05, 0) is 87.7 Å². The van der Waals surface area contributed by atoms with Crippen molar-refractivity contribution in [2.45, 2.75) is 83.5 Å². The fraction of sp³-hybridized carbons (Fsp3) is 1.00. The molecule has 0 aromatic carbocycles. The summed E-state index contributed by atoms with van der Waals surface area (Å²) in [5, 5.41) is 3.82. The molecule has 4 rings (SSSR count). The highest BCUT2D eigenvalue weighted by atomic mass is 15.2. The summed E-state index contributed by atoms with van der Waals surface area (Å²) in [6.07, 6.45) is 19.5. The summed E-state index contributed by atoms with van der Waals surface area (Å²) in [7, 11) is 0. The molecular weight excluding hydrogens is 304 g/mol. The molecule has 0 spiro atoms. The number of hydrogen-bond acceptors (Lipinski definition) is 2. The first kappa shape index (κ1) is 18.3. The summed E-state index contributed by atoms with van der Waals surface area (Å²) in [6, 6.07) is 0. The Kier molecular flexibility index (Phi) is 6.74. The Morgan fingerprint density at radius 2 is 1.28 bits per heavy atom. The Morgan fingerprint density at radius 3 is 2.20 bits per heavy atom. The first-order valence-electron chi connectivity index (χ1n) is 11.8. The van der Waals surface area contributed by atoms with Crippen molar-refractivity contribution in [3.05, 3.63) is 0 Å². The molecular formula is C23H42N2. The Morgan fingerprint density at radius 1 is 0.560 bits per heavy atom. The lowest BCUT2D eigenvalue weighted by molar-refractivity contribution is 0.115. The van der Waals surface area contributed by atoms with Gasteiger partial charge in [0.25, 0.3) is 0 Å². The molecule has 1 N–H and O–H groups in total. The molecule has 4 aliphatic rings. The van der Waals surface area contributed by atoms with Gasteiger partial charge in [-0.15, -0.1) is 0 Å². The van der Waals surface area contributed by atoms with E-state index in [-0.39, 0.29) is 0 Å². The topological polar surface area (TPSA) is 15.3 Å². The van der Waals surface area contributed by atoms with Crippen LogP contribution in [0.4, 0.5) is 0 Å². The molecule has 0 radical (unpaired) electrons. The Hall–Kier alpha value is -0.0800. The zero-order valence-corrected chi connectivity index (χ0v) is 16.6. The van der Waals surface area contributed by atoms with Gasteiger partial charge in [-0.25, -0.2) is 0 Å². The molecule has 2 bridgehead atoms. The lowest BCUT2D eigenvalue weighted by Gasteiger charge is -2.39. The van der Waals surface area contributed by atoms with Crippen molar-refractivity contribution in [3.63, 3.8) is 0 Å². The molecule has 2 heteroatoms. The van der Waals surface area contributed by atoms with E-state index in [0.717, 1.165) is 29.6 Å². The highest BCUT2D eigenvalue weighted by Gasteiger charge is 2.42. The minimum Gasteiger partial charge on any atom is -0.316 e. The van der Waals surface area contributed by atoms with Crippen LogP contribution in [-0.2, 0) is 0 Å². The predicted molar refractivity (Wildman–Crippen MR) is 107 cm³/mol. The van der Waals surface area contributed by atoms with E-state index >= 15 is 0 Å². The Balaban J connectivity index is 1.49. The SMILES string of the molecule is C1CCNCC(C2CCCCCC2C2CN3CCCCCC2C3)CC1. The quantitative estimate of drug-likeness (QED) is 0.701. The van der Waals surface area contributed by atoms with Crippen LogP contribution in [0.3, 0.4) is 0 Å². The minimum absolute atomic E-state index is 0.975. The van der Waals surface area contributed by atoms with Crippen molar-refractivity contribution < 1.29 is 0 Å². The maximum Gasteiger partial charge on any atom is 0.00157 e. The number of fused-ring (bicyclic) bond motifs is 2. The van der Waals surface area contributed by atoms with Gasteiger partial charge in [0.15, 0.2) is 0 Å². The van der Waals surface area contributed by atoms with E-state index in [1.165, 1.54) is 103 Å². The molecule has 2 nitrogen and oxygen atoms in total. The lowest BCUT2D eigenvalue weighted by Crippen LogP contribution is -2.38. The zero-order valence-electron chi connectivity index (χ0n) is 16.6. The highest BCUT2D eigenvalue weighted by Crippen LogP contribution is 2.46. The molecule has 1 aliphatic carbocycles. The first-order chi connectivity index (χ1) is 12.4. The first-order valence-corrected chi connectivity index (χ1v) is 11.8. The normalized spacial score (nSPS) is 44.2. The van der Waals surface area contributed by atoms with Crippen molar-refractivity contribution in [2.24, 2.45) is 29.6 Å². The third-order valence-corrected chi connectivity index (χ3v) is 8.23. The van der Waals surface area contributed by atoms with Gasteiger partial charge in [-0.1, -0.05) is 44.9 Å². The summed E-state index contributed by atoms with van der Waals surface area (Å²) in [4.78, 5) is 2.85. The summed E-state index contributed by atoms with van der Waals surface area (Å²) < 4.78 is 0. The van der Waals surface area contributed by atoms with Gasteiger partial charge in [0.1, 0.15) is 0 Å². The van der Waals surface area contributed by atoms with Gasteiger partial charge in [-0.2, -0.15) is 0 Å².